The van der Waals surface area contributed by atoms with Gasteiger partial charge in [0.25, 0.3) is 0 Å². The van der Waals surface area contributed by atoms with Crippen LogP contribution >= 0.6 is 0 Å². The van der Waals surface area contributed by atoms with Gasteiger partial charge < -0.3 is 14.8 Å². The number of nitrogens with zero attached hydrogens (tertiary/aromatic N) is 3. The molecule has 114 valence electrons. The van der Waals surface area contributed by atoms with Crippen LogP contribution in [0.3, 0.4) is 0 Å². The van der Waals surface area contributed by atoms with Crippen LogP contribution in [0.5, 0.6) is 12.0 Å². The van der Waals surface area contributed by atoms with E-state index in [0.717, 1.165) is 19.4 Å². The van der Waals surface area contributed by atoms with Crippen LogP contribution in [0.25, 0.3) is 0 Å². The number of hydrogen-bond acceptors (Lipinski definition) is 6. The van der Waals surface area contributed by atoms with Crippen molar-refractivity contribution < 1.29 is 9.47 Å². The maximum absolute atomic E-state index is 5.74. The highest BCUT2D eigenvalue weighted by atomic mass is 16.5. The lowest BCUT2D eigenvalue weighted by atomic mass is 10.1. The zero-order valence-corrected chi connectivity index (χ0v) is 13.0. The fraction of sp³-hybridized carbons (Fsp3) is 0.786. The van der Waals surface area contributed by atoms with Crippen LogP contribution in [-0.2, 0) is 0 Å². The Labute approximate surface area is 121 Å². The molecule has 1 atom stereocenters. The average Bonchev–Trinajstić information content (AvgIpc) is 2.43. The van der Waals surface area contributed by atoms with Crippen molar-refractivity contribution in [1.82, 2.24) is 15.0 Å². The zero-order chi connectivity index (χ0) is 14.8. The molecule has 1 N–H and O–H groups in total. The largest absolute Gasteiger partial charge is 0.467 e. The van der Waals surface area contributed by atoms with Crippen LogP contribution in [-0.4, -0.2) is 34.7 Å². The van der Waals surface area contributed by atoms with Gasteiger partial charge in [-0.05, 0) is 26.7 Å². The van der Waals surface area contributed by atoms with Crippen molar-refractivity contribution in [2.24, 2.45) is 0 Å². The van der Waals surface area contributed by atoms with E-state index in [1.807, 2.05) is 13.8 Å². The molecule has 20 heavy (non-hydrogen) atoms. The molecule has 1 rings (SSSR count). The summed E-state index contributed by atoms with van der Waals surface area (Å²) in [6.45, 7) is 6.96. The maximum Gasteiger partial charge on any atom is 0.324 e. The first-order valence-electron chi connectivity index (χ1n) is 7.40. The van der Waals surface area contributed by atoms with Crippen molar-refractivity contribution in [3.8, 4) is 12.0 Å². The number of rotatable bonds is 10. The first kappa shape index (κ1) is 16.5. The van der Waals surface area contributed by atoms with E-state index in [4.69, 9.17) is 9.47 Å². The lowest BCUT2D eigenvalue weighted by molar-refractivity contribution is 0.186. The maximum atomic E-state index is 5.74. The van der Waals surface area contributed by atoms with E-state index in [2.05, 4.69) is 27.2 Å². The molecule has 0 saturated heterocycles. The lowest BCUT2D eigenvalue weighted by Gasteiger charge is -2.14. The molecule has 1 aromatic heterocycles. The third-order valence-corrected chi connectivity index (χ3v) is 2.88. The van der Waals surface area contributed by atoms with Gasteiger partial charge in [-0.15, -0.1) is 4.98 Å². The molecule has 6 nitrogen and oxygen atoms in total. The van der Waals surface area contributed by atoms with E-state index in [0.29, 0.717) is 12.0 Å². The van der Waals surface area contributed by atoms with Gasteiger partial charge in [0.05, 0.1) is 13.2 Å². The fourth-order valence-electron chi connectivity index (χ4n) is 1.82. The summed E-state index contributed by atoms with van der Waals surface area (Å²) in [6.07, 6.45) is 6.02. The molecule has 0 aliphatic heterocycles. The summed E-state index contributed by atoms with van der Waals surface area (Å²) in [5.41, 5.74) is 0. The van der Waals surface area contributed by atoms with E-state index in [1.54, 1.807) is 0 Å². The Morgan fingerprint density at radius 3 is 2.45 bits per heavy atom. The van der Waals surface area contributed by atoms with E-state index in [1.165, 1.54) is 26.4 Å². The SMILES string of the molecule is CCCCCCC(C)Oc1nc(NCC)nc(OC)n1. The van der Waals surface area contributed by atoms with E-state index < -0.39 is 0 Å². The first-order chi connectivity index (χ1) is 9.69. The molecule has 0 fully saturated rings. The Bertz CT molecular complexity index is 387. The van der Waals surface area contributed by atoms with Crippen molar-refractivity contribution in [2.75, 3.05) is 19.0 Å². The highest BCUT2D eigenvalue weighted by molar-refractivity contribution is 5.27. The van der Waals surface area contributed by atoms with Crippen LogP contribution < -0.4 is 14.8 Å². The molecule has 0 spiro atoms. The topological polar surface area (TPSA) is 69.2 Å². The van der Waals surface area contributed by atoms with Gasteiger partial charge in [-0.2, -0.15) is 9.97 Å². The Morgan fingerprint density at radius 2 is 1.80 bits per heavy atom. The summed E-state index contributed by atoms with van der Waals surface area (Å²) >= 11 is 0. The number of nitrogens with one attached hydrogen (secondary N) is 1. The molecule has 0 saturated carbocycles. The molecule has 0 bridgehead atoms. The van der Waals surface area contributed by atoms with Crippen LogP contribution in [0, 0.1) is 0 Å². The molecule has 0 aliphatic rings. The molecule has 0 amide bonds. The van der Waals surface area contributed by atoms with E-state index in [9.17, 15) is 0 Å². The van der Waals surface area contributed by atoms with Gasteiger partial charge >= 0.3 is 12.0 Å². The lowest BCUT2D eigenvalue weighted by Crippen LogP contribution is -2.15. The van der Waals surface area contributed by atoms with Gasteiger partial charge in [-0.3, -0.25) is 0 Å². The summed E-state index contributed by atoms with van der Waals surface area (Å²) in [7, 11) is 1.53. The molecule has 6 heteroatoms. The predicted octanol–water partition coefficient (Wildman–Crippen LogP) is 3.05. The van der Waals surface area contributed by atoms with Crippen LogP contribution in [0.2, 0.25) is 0 Å². The molecule has 0 aliphatic carbocycles. The highest BCUT2D eigenvalue weighted by Gasteiger charge is 2.11. The fourth-order valence-corrected chi connectivity index (χ4v) is 1.82. The zero-order valence-electron chi connectivity index (χ0n) is 13.0. The second-order valence-corrected chi connectivity index (χ2v) is 4.74. The van der Waals surface area contributed by atoms with Crippen molar-refractivity contribution in [3.05, 3.63) is 0 Å². The molecular formula is C14H26N4O2. The summed E-state index contributed by atoms with van der Waals surface area (Å²) < 4.78 is 10.8. The number of aromatic nitrogens is 3. The molecule has 1 aromatic rings. The standard InChI is InChI=1S/C14H26N4O2/c1-5-7-8-9-10-11(3)20-14-17-12(15-6-2)16-13(18-14)19-4/h11H,5-10H2,1-4H3,(H,15,16,17,18). The Balaban J connectivity index is 2.54. The second kappa shape index (κ2) is 9.34. The van der Waals surface area contributed by atoms with Gasteiger partial charge in [0.15, 0.2) is 0 Å². The number of anilines is 1. The smallest absolute Gasteiger partial charge is 0.324 e. The molecule has 0 radical (unpaired) electrons. The van der Waals surface area contributed by atoms with Crippen LogP contribution in [0.1, 0.15) is 52.9 Å². The Morgan fingerprint density at radius 1 is 1.05 bits per heavy atom. The highest BCUT2D eigenvalue weighted by Crippen LogP contribution is 2.15. The van der Waals surface area contributed by atoms with E-state index in [-0.39, 0.29) is 12.1 Å². The second-order valence-electron chi connectivity index (χ2n) is 4.74. The number of unbranched alkanes of at least 4 members (excludes halogenated alkanes) is 3. The third kappa shape index (κ3) is 6.04. The molecule has 1 unspecified atom stereocenters. The Kier molecular flexibility index (Phi) is 7.69. The summed E-state index contributed by atoms with van der Waals surface area (Å²) in [5.74, 6) is 0.479. The van der Waals surface area contributed by atoms with Gasteiger partial charge in [0.1, 0.15) is 0 Å². The summed E-state index contributed by atoms with van der Waals surface area (Å²) in [6, 6.07) is 0.583. The third-order valence-electron chi connectivity index (χ3n) is 2.88. The van der Waals surface area contributed by atoms with Crippen molar-refractivity contribution in [1.29, 1.82) is 0 Å². The summed E-state index contributed by atoms with van der Waals surface area (Å²) in [4.78, 5) is 12.4. The first-order valence-corrected chi connectivity index (χ1v) is 7.40. The monoisotopic (exact) mass is 282 g/mol. The Hall–Kier alpha value is -1.59. The van der Waals surface area contributed by atoms with Gasteiger partial charge in [0.2, 0.25) is 5.95 Å². The normalized spacial score (nSPS) is 12.0. The van der Waals surface area contributed by atoms with Crippen LogP contribution in [0.15, 0.2) is 0 Å². The molecule has 0 aromatic carbocycles. The molecular weight excluding hydrogens is 256 g/mol. The minimum absolute atomic E-state index is 0.0911. The van der Waals surface area contributed by atoms with Crippen molar-refractivity contribution in [2.45, 2.75) is 59.0 Å². The van der Waals surface area contributed by atoms with Crippen molar-refractivity contribution in [3.63, 3.8) is 0 Å². The minimum atomic E-state index is 0.0911. The van der Waals surface area contributed by atoms with Gasteiger partial charge in [-0.1, -0.05) is 26.2 Å². The minimum Gasteiger partial charge on any atom is -0.467 e. The number of methoxy groups -OCH3 is 1. The number of hydrogen-bond donors (Lipinski definition) is 1. The van der Waals surface area contributed by atoms with Gasteiger partial charge in [0, 0.05) is 6.54 Å². The number of ether oxygens (including phenoxy) is 2. The average molecular weight is 282 g/mol. The predicted molar refractivity (Wildman–Crippen MR) is 79.4 cm³/mol. The van der Waals surface area contributed by atoms with Crippen molar-refractivity contribution >= 4 is 5.95 Å². The van der Waals surface area contributed by atoms with E-state index >= 15 is 0 Å². The van der Waals surface area contributed by atoms with Gasteiger partial charge in [-0.25, -0.2) is 0 Å². The quantitative estimate of drug-likeness (QED) is 0.665. The summed E-state index contributed by atoms with van der Waals surface area (Å²) in [5, 5.41) is 3.03. The van der Waals surface area contributed by atoms with Crippen LogP contribution in [0.4, 0.5) is 5.95 Å². The molecule has 1 heterocycles.